The lowest BCUT2D eigenvalue weighted by Crippen LogP contribution is -2.64. The number of carbonyl (C=O) groups is 1. The first-order chi connectivity index (χ1) is 16.0. The van der Waals surface area contributed by atoms with Gasteiger partial charge in [-0.2, -0.15) is 13.2 Å². The van der Waals surface area contributed by atoms with Crippen LogP contribution in [0.2, 0.25) is 0 Å². The first kappa shape index (κ1) is 26.8. The zero-order chi connectivity index (χ0) is 25.0. The Morgan fingerprint density at radius 2 is 1.82 bits per heavy atom. The van der Waals surface area contributed by atoms with Gasteiger partial charge in [0.1, 0.15) is 11.5 Å². The van der Waals surface area contributed by atoms with Crippen molar-refractivity contribution in [1.29, 1.82) is 0 Å². The summed E-state index contributed by atoms with van der Waals surface area (Å²) < 4.78 is 51.2. The molecule has 3 heterocycles. The zero-order valence-electron chi connectivity index (χ0n) is 20.7. The number of ether oxygens (including phenoxy) is 2. The molecule has 0 saturated carbocycles. The number of halogens is 3. The topological polar surface area (TPSA) is 58.1 Å². The van der Waals surface area contributed by atoms with E-state index in [4.69, 9.17) is 9.47 Å². The highest BCUT2D eigenvalue weighted by Gasteiger charge is 2.43. The van der Waals surface area contributed by atoms with Gasteiger partial charge >= 0.3 is 6.18 Å². The maximum atomic E-state index is 13.3. The van der Waals surface area contributed by atoms with Crippen LogP contribution in [0.25, 0.3) is 0 Å². The summed E-state index contributed by atoms with van der Waals surface area (Å²) >= 11 is 0. The number of rotatable bonds is 8. The molecule has 7 nitrogen and oxygen atoms in total. The van der Waals surface area contributed by atoms with Crippen molar-refractivity contribution in [1.82, 2.24) is 14.8 Å². The van der Waals surface area contributed by atoms with E-state index in [1.54, 1.807) is 14.0 Å². The van der Waals surface area contributed by atoms with E-state index in [2.05, 4.69) is 28.6 Å². The van der Waals surface area contributed by atoms with Gasteiger partial charge in [0.25, 0.3) is 0 Å². The van der Waals surface area contributed by atoms with Crippen LogP contribution in [-0.2, 0) is 20.4 Å². The smallest absolute Gasteiger partial charge is 0.381 e. The fourth-order valence-corrected chi connectivity index (χ4v) is 4.82. The van der Waals surface area contributed by atoms with Gasteiger partial charge in [0.15, 0.2) is 0 Å². The van der Waals surface area contributed by atoms with Crippen LogP contribution in [0, 0.1) is 0 Å². The summed E-state index contributed by atoms with van der Waals surface area (Å²) in [4.78, 5) is 23.0. The van der Waals surface area contributed by atoms with Crippen molar-refractivity contribution in [3.63, 3.8) is 0 Å². The highest BCUT2D eigenvalue weighted by atomic mass is 19.4. The fraction of sp³-hybridized carbons (Fsp3) is 0.750. The van der Waals surface area contributed by atoms with Crippen molar-refractivity contribution in [2.24, 2.45) is 0 Å². The van der Waals surface area contributed by atoms with Gasteiger partial charge in [0.2, 0.25) is 5.91 Å². The van der Waals surface area contributed by atoms with Gasteiger partial charge in [-0.25, -0.2) is 4.98 Å². The van der Waals surface area contributed by atoms with E-state index in [-0.39, 0.29) is 29.3 Å². The predicted molar refractivity (Wildman–Crippen MR) is 124 cm³/mol. The first-order valence-corrected chi connectivity index (χ1v) is 11.9. The Morgan fingerprint density at radius 3 is 2.38 bits per heavy atom. The second-order valence-corrected chi connectivity index (χ2v) is 9.78. The SMILES string of the molecule is CCC(=O)N(CC1(N2CCN(CC(C)(C)OC)CC2)CCOCC1)c1cccc(C(F)(F)F)n1. The van der Waals surface area contributed by atoms with Crippen molar-refractivity contribution >= 4 is 11.7 Å². The van der Waals surface area contributed by atoms with Crippen LogP contribution in [0.5, 0.6) is 0 Å². The van der Waals surface area contributed by atoms with Gasteiger partial charge in [-0.05, 0) is 38.8 Å². The molecule has 0 aliphatic carbocycles. The molecule has 192 valence electrons. The molecule has 10 heteroatoms. The molecule has 1 aromatic heterocycles. The highest BCUT2D eigenvalue weighted by molar-refractivity contribution is 5.92. The van der Waals surface area contributed by atoms with E-state index < -0.39 is 11.9 Å². The molecule has 34 heavy (non-hydrogen) atoms. The van der Waals surface area contributed by atoms with Crippen LogP contribution >= 0.6 is 0 Å². The summed E-state index contributed by atoms with van der Waals surface area (Å²) in [5, 5.41) is 0. The van der Waals surface area contributed by atoms with Crippen LogP contribution in [-0.4, -0.2) is 91.4 Å². The number of methoxy groups -OCH3 is 1. The lowest BCUT2D eigenvalue weighted by Gasteiger charge is -2.51. The Balaban J connectivity index is 1.83. The van der Waals surface area contributed by atoms with Crippen molar-refractivity contribution < 1.29 is 27.4 Å². The normalized spacial score (nSPS) is 20.3. The monoisotopic (exact) mass is 486 g/mol. The summed E-state index contributed by atoms with van der Waals surface area (Å²) in [5.74, 6) is -0.189. The van der Waals surface area contributed by atoms with E-state index in [0.29, 0.717) is 32.6 Å². The van der Waals surface area contributed by atoms with Gasteiger partial charge in [0, 0.05) is 71.6 Å². The average molecular weight is 487 g/mol. The van der Waals surface area contributed by atoms with E-state index >= 15 is 0 Å². The number of piperazine rings is 1. The second-order valence-electron chi connectivity index (χ2n) is 9.78. The minimum Gasteiger partial charge on any atom is -0.381 e. The van der Waals surface area contributed by atoms with Crippen LogP contribution in [0.15, 0.2) is 18.2 Å². The van der Waals surface area contributed by atoms with Crippen LogP contribution in [0.1, 0.15) is 45.7 Å². The van der Waals surface area contributed by atoms with Crippen molar-refractivity contribution in [2.45, 2.75) is 57.3 Å². The molecule has 0 aromatic carbocycles. The Labute approximate surface area is 200 Å². The predicted octanol–water partition coefficient (Wildman–Crippen LogP) is 3.44. The molecule has 2 saturated heterocycles. The molecule has 0 bridgehead atoms. The summed E-state index contributed by atoms with van der Waals surface area (Å²) in [6.07, 6.45) is -2.96. The summed E-state index contributed by atoms with van der Waals surface area (Å²) in [7, 11) is 1.72. The Hall–Kier alpha value is -1.75. The highest BCUT2D eigenvalue weighted by Crippen LogP contribution is 2.34. The molecule has 2 fully saturated rings. The molecule has 1 aromatic rings. The number of pyridine rings is 1. The lowest BCUT2D eigenvalue weighted by molar-refractivity contribution is -0.141. The number of hydrogen-bond acceptors (Lipinski definition) is 6. The second kappa shape index (κ2) is 10.9. The number of hydrogen-bond donors (Lipinski definition) is 0. The number of alkyl halides is 3. The van der Waals surface area contributed by atoms with Crippen molar-refractivity contribution in [3.05, 3.63) is 23.9 Å². The third kappa shape index (κ3) is 6.47. The maximum Gasteiger partial charge on any atom is 0.433 e. The standard InChI is InChI=1S/C24H37F3N4O3/c1-5-21(32)31(20-8-6-7-19(28-20)24(25,26)27)18-23(9-15-34-16-10-23)30-13-11-29(12-14-30)17-22(2,3)33-4/h6-8H,5,9-18H2,1-4H3. The van der Waals surface area contributed by atoms with Gasteiger partial charge < -0.3 is 9.47 Å². The van der Waals surface area contributed by atoms with Gasteiger partial charge in [-0.1, -0.05) is 13.0 Å². The average Bonchev–Trinajstić information content (AvgIpc) is 2.82. The molecule has 0 radical (unpaired) electrons. The molecule has 0 atom stereocenters. The van der Waals surface area contributed by atoms with E-state index in [1.165, 1.54) is 17.0 Å². The number of anilines is 1. The Kier molecular flexibility index (Phi) is 8.60. The summed E-state index contributed by atoms with van der Waals surface area (Å²) in [5.41, 5.74) is -1.60. The number of aromatic nitrogens is 1. The minimum atomic E-state index is -4.57. The number of carbonyl (C=O) groups excluding carboxylic acids is 1. The maximum absolute atomic E-state index is 13.3. The summed E-state index contributed by atoms with van der Waals surface area (Å²) in [6.45, 7) is 11.4. The first-order valence-electron chi connectivity index (χ1n) is 11.9. The molecule has 2 aliphatic rings. The Morgan fingerprint density at radius 1 is 1.18 bits per heavy atom. The van der Waals surface area contributed by atoms with Crippen LogP contribution < -0.4 is 4.90 Å². The van der Waals surface area contributed by atoms with E-state index in [9.17, 15) is 18.0 Å². The quantitative estimate of drug-likeness (QED) is 0.561. The van der Waals surface area contributed by atoms with Crippen LogP contribution in [0.4, 0.5) is 19.0 Å². The van der Waals surface area contributed by atoms with E-state index in [1.807, 2.05) is 0 Å². The fourth-order valence-electron chi connectivity index (χ4n) is 4.82. The molecular formula is C24H37F3N4O3. The number of nitrogens with zero attached hydrogens (tertiary/aromatic N) is 4. The third-order valence-electron chi connectivity index (χ3n) is 6.98. The van der Waals surface area contributed by atoms with Crippen molar-refractivity contribution in [3.8, 4) is 0 Å². The molecule has 1 amide bonds. The summed E-state index contributed by atoms with van der Waals surface area (Å²) in [6, 6.07) is 3.73. The molecular weight excluding hydrogens is 449 g/mol. The van der Waals surface area contributed by atoms with E-state index in [0.717, 1.165) is 38.8 Å². The molecule has 2 aliphatic heterocycles. The third-order valence-corrected chi connectivity index (χ3v) is 6.98. The number of amides is 1. The Bertz CT molecular complexity index is 820. The van der Waals surface area contributed by atoms with Gasteiger partial charge in [-0.3, -0.25) is 19.5 Å². The van der Waals surface area contributed by atoms with Gasteiger partial charge in [0.05, 0.1) is 5.60 Å². The van der Waals surface area contributed by atoms with Gasteiger partial charge in [-0.15, -0.1) is 0 Å². The molecule has 0 unspecified atom stereocenters. The zero-order valence-corrected chi connectivity index (χ0v) is 20.7. The molecule has 3 rings (SSSR count). The largest absolute Gasteiger partial charge is 0.433 e. The minimum absolute atomic E-state index is 0.0491. The van der Waals surface area contributed by atoms with Crippen molar-refractivity contribution in [2.75, 3.05) is 64.5 Å². The molecule has 0 N–H and O–H groups in total. The molecule has 0 spiro atoms. The van der Waals surface area contributed by atoms with Crippen LogP contribution in [0.3, 0.4) is 0 Å². The lowest BCUT2D eigenvalue weighted by atomic mass is 9.86.